The number of carbonyl (C=O) groups is 1. The lowest BCUT2D eigenvalue weighted by atomic mass is 9.99. The Bertz CT molecular complexity index is 650. The number of carbonyl (C=O) groups excluding carboxylic acids is 1. The molecule has 0 aliphatic carbocycles. The van der Waals surface area contributed by atoms with Crippen molar-refractivity contribution in [3.8, 4) is 0 Å². The number of hydrogen-bond donors (Lipinski definition) is 1. The summed E-state index contributed by atoms with van der Waals surface area (Å²) in [6.07, 6.45) is -4.53. The molecule has 0 fully saturated rings. The summed E-state index contributed by atoms with van der Waals surface area (Å²) in [5, 5.41) is 0.429. The molecule has 2 aromatic rings. The van der Waals surface area contributed by atoms with Crippen LogP contribution in [0.3, 0.4) is 0 Å². The first kappa shape index (κ1) is 14.4. The van der Waals surface area contributed by atoms with Gasteiger partial charge in [-0.1, -0.05) is 11.6 Å². The second kappa shape index (κ2) is 5.17. The molecule has 6 heteroatoms. The molecule has 0 saturated carbocycles. The monoisotopic (exact) mass is 299 g/mol. The fourth-order valence-electron chi connectivity index (χ4n) is 1.69. The lowest BCUT2D eigenvalue weighted by Crippen LogP contribution is -2.10. The van der Waals surface area contributed by atoms with E-state index in [0.29, 0.717) is 5.02 Å². The third kappa shape index (κ3) is 2.93. The minimum absolute atomic E-state index is 0.00190. The topological polar surface area (TPSA) is 43.1 Å². The van der Waals surface area contributed by atoms with Gasteiger partial charge in [-0.25, -0.2) is 0 Å². The highest BCUT2D eigenvalue weighted by Gasteiger charge is 2.31. The van der Waals surface area contributed by atoms with Crippen LogP contribution in [-0.2, 0) is 6.18 Å². The van der Waals surface area contributed by atoms with Crippen LogP contribution in [0.15, 0.2) is 42.5 Å². The van der Waals surface area contributed by atoms with Gasteiger partial charge >= 0.3 is 6.18 Å². The Balaban J connectivity index is 2.46. The summed E-state index contributed by atoms with van der Waals surface area (Å²) in [5.74, 6) is -0.578. The average Bonchev–Trinajstić information content (AvgIpc) is 2.38. The van der Waals surface area contributed by atoms with Gasteiger partial charge in [-0.05, 0) is 42.5 Å². The molecule has 0 spiro atoms. The van der Waals surface area contributed by atoms with Gasteiger partial charge in [0.1, 0.15) is 0 Å². The molecule has 0 radical (unpaired) electrons. The van der Waals surface area contributed by atoms with Crippen molar-refractivity contribution in [3.05, 3.63) is 64.2 Å². The van der Waals surface area contributed by atoms with Gasteiger partial charge in [0.05, 0.1) is 5.56 Å². The number of anilines is 1. The van der Waals surface area contributed by atoms with E-state index < -0.39 is 17.5 Å². The van der Waals surface area contributed by atoms with E-state index in [2.05, 4.69) is 0 Å². The van der Waals surface area contributed by atoms with Gasteiger partial charge in [0.2, 0.25) is 0 Å². The second-order valence-corrected chi connectivity index (χ2v) is 4.57. The standard InChI is InChI=1S/C14H9ClF3NO/c15-10-4-1-8(2-5-10)13(20)11-7-9(14(16,17)18)3-6-12(11)19/h1-7H,19H2. The first-order valence-electron chi connectivity index (χ1n) is 5.56. The zero-order valence-electron chi connectivity index (χ0n) is 10.0. The molecule has 0 aromatic heterocycles. The van der Waals surface area contributed by atoms with Crippen LogP contribution in [0.25, 0.3) is 0 Å². The zero-order valence-corrected chi connectivity index (χ0v) is 10.8. The first-order chi connectivity index (χ1) is 9.29. The van der Waals surface area contributed by atoms with Crippen molar-refractivity contribution >= 4 is 23.1 Å². The number of halogens is 4. The van der Waals surface area contributed by atoms with Crippen LogP contribution < -0.4 is 5.73 Å². The molecule has 0 atom stereocenters. The summed E-state index contributed by atoms with van der Waals surface area (Å²) in [7, 11) is 0. The SMILES string of the molecule is Nc1ccc(C(F)(F)F)cc1C(=O)c1ccc(Cl)cc1. The van der Waals surface area contributed by atoms with Crippen molar-refractivity contribution in [3.63, 3.8) is 0 Å². The number of hydrogen-bond acceptors (Lipinski definition) is 2. The van der Waals surface area contributed by atoms with Crippen LogP contribution in [0.5, 0.6) is 0 Å². The van der Waals surface area contributed by atoms with E-state index in [1.54, 1.807) is 0 Å². The molecular weight excluding hydrogens is 291 g/mol. The molecule has 0 aliphatic heterocycles. The van der Waals surface area contributed by atoms with E-state index in [-0.39, 0.29) is 16.8 Å². The smallest absolute Gasteiger partial charge is 0.398 e. The van der Waals surface area contributed by atoms with Gasteiger partial charge in [0, 0.05) is 21.8 Å². The Morgan fingerprint density at radius 3 is 2.20 bits per heavy atom. The van der Waals surface area contributed by atoms with Crippen LogP contribution in [0.2, 0.25) is 5.02 Å². The third-order valence-electron chi connectivity index (χ3n) is 2.73. The predicted octanol–water partition coefficient (Wildman–Crippen LogP) is 4.17. The van der Waals surface area contributed by atoms with Crippen molar-refractivity contribution in [2.75, 3.05) is 5.73 Å². The van der Waals surface area contributed by atoms with E-state index in [1.807, 2.05) is 0 Å². The highest BCUT2D eigenvalue weighted by molar-refractivity contribution is 6.30. The maximum atomic E-state index is 12.6. The predicted molar refractivity (Wildman–Crippen MR) is 70.7 cm³/mol. The molecule has 104 valence electrons. The number of nitrogens with two attached hydrogens (primary N) is 1. The second-order valence-electron chi connectivity index (χ2n) is 4.14. The average molecular weight is 300 g/mol. The van der Waals surface area contributed by atoms with Gasteiger partial charge in [0.25, 0.3) is 0 Å². The number of alkyl halides is 3. The van der Waals surface area contributed by atoms with Gasteiger partial charge in [0.15, 0.2) is 5.78 Å². The molecule has 2 aromatic carbocycles. The van der Waals surface area contributed by atoms with Crippen LogP contribution >= 0.6 is 11.6 Å². The molecule has 0 bridgehead atoms. The van der Waals surface area contributed by atoms with E-state index in [9.17, 15) is 18.0 Å². The summed E-state index contributed by atoms with van der Waals surface area (Å²) in [6.45, 7) is 0. The molecule has 2 rings (SSSR count). The lowest BCUT2D eigenvalue weighted by molar-refractivity contribution is -0.137. The van der Waals surface area contributed by atoms with Crippen LogP contribution in [0.1, 0.15) is 21.5 Å². The molecule has 2 nitrogen and oxygen atoms in total. The van der Waals surface area contributed by atoms with Gasteiger partial charge < -0.3 is 5.73 Å². The summed E-state index contributed by atoms with van der Waals surface area (Å²) in [4.78, 5) is 12.2. The van der Waals surface area contributed by atoms with E-state index in [0.717, 1.165) is 18.2 Å². The van der Waals surface area contributed by atoms with E-state index in [4.69, 9.17) is 17.3 Å². The number of benzene rings is 2. The van der Waals surface area contributed by atoms with Gasteiger partial charge in [-0.2, -0.15) is 13.2 Å². The van der Waals surface area contributed by atoms with Crippen LogP contribution in [0, 0.1) is 0 Å². The molecule has 0 aliphatic rings. The van der Waals surface area contributed by atoms with Crippen molar-refractivity contribution in [1.29, 1.82) is 0 Å². The summed E-state index contributed by atoms with van der Waals surface area (Å²) >= 11 is 5.69. The van der Waals surface area contributed by atoms with Crippen molar-refractivity contribution in [1.82, 2.24) is 0 Å². The quantitative estimate of drug-likeness (QED) is 0.668. The van der Waals surface area contributed by atoms with Gasteiger partial charge in [-0.15, -0.1) is 0 Å². The van der Waals surface area contributed by atoms with E-state index in [1.165, 1.54) is 24.3 Å². The number of rotatable bonds is 2. The minimum atomic E-state index is -4.53. The molecule has 20 heavy (non-hydrogen) atoms. The van der Waals surface area contributed by atoms with Crippen LogP contribution in [0.4, 0.5) is 18.9 Å². The maximum absolute atomic E-state index is 12.6. The Hall–Kier alpha value is -2.01. The largest absolute Gasteiger partial charge is 0.416 e. The number of nitrogen functional groups attached to an aromatic ring is 1. The Morgan fingerprint density at radius 1 is 1.05 bits per heavy atom. The Kier molecular flexibility index (Phi) is 3.72. The van der Waals surface area contributed by atoms with Crippen molar-refractivity contribution < 1.29 is 18.0 Å². The molecule has 0 saturated heterocycles. The summed E-state index contributed by atoms with van der Waals surface area (Å²) in [5.41, 5.74) is 4.72. The van der Waals surface area contributed by atoms with E-state index >= 15 is 0 Å². The highest BCUT2D eigenvalue weighted by atomic mass is 35.5. The van der Waals surface area contributed by atoms with Crippen molar-refractivity contribution in [2.24, 2.45) is 0 Å². The molecule has 2 N–H and O–H groups in total. The summed E-state index contributed by atoms with van der Waals surface area (Å²) in [6, 6.07) is 8.51. The normalized spacial score (nSPS) is 11.4. The van der Waals surface area contributed by atoms with Gasteiger partial charge in [-0.3, -0.25) is 4.79 Å². The Morgan fingerprint density at radius 2 is 1.65 bits per heavy atom. The fraction of sp³-hybridized carbons (Fsp3) is 0.0714. The maximum Gasteiger partial charge on any atom is 0.416 e. The Labute approximate surface area is 118 Å². The first-order valence-corrected chi connectivity index (χ1v) is 5.94. The fourth-order valence-corrected chi connectivity index (χ4v) is 1.81. The van der Waals surface area contributed by atoms with Crippen LogP contribution in [-0.4, -0.2) is 5.78 Å². The minimum Gasteiger partial charge on any atom is -0.398 e. The number of ketones is 1. The highest BCUT2D eigenvalue weighted by Crippen LogP contribution is 2.31. The molecule has 0 unspecified atom stereocenters. The lowest BCUT2D eigenvalue weighted by Gasteiger charge is -2.10. The van der Waals surface area contributed by atoms with Crippen molar-refractivity contribution in [2.45, 2.75) is 6.18 Å². The molecule has 0 heterocycles. The molecular formula is C14H9ClF3NO. The summed E-state index contributed by atoms with van der Waals surface area (Å²) < 4.78 is 37.9. The zero-order chi connectivity index (χ0) is 14.9. The molecule has 0 amide bonds. The third-order valence-corrected chi connectivity index (χ3v) is 2.98.